The summed E-state index contributed by atoms with van der Waals surface area (Å²) in [6.07, 6.45) is 31.4. The van der Waals surface area contributed by atoms with Crippen molar-refractivity contribution in [2.75, 3.05) is 51.5 Å². The lowest BCUT2D eigenvalue weighted by Gasteiger charge is -2.32. The van der Waals surface area contributed by atoms with Crippen LogP contribution in [0.25, 0.3) is 0 Å². The van der Waals surface area contributed by atoms with Crippen LogP contribution in [0.5, 0.6) is 0 Å². The van der Waals surface area contributed by atoms with E-state index in [1.165, 1.54) is 0 Å². The first kappa shape index (κ1) is 44.5. The molecule has 3 amide bonds. The zero-order valence-corrected chi connectivity index (χ0v) is 31.1. The SMILES string of the molecule is CCC=CCC=CCC=CCC=CCC=CCC=CCC(=O)NCCSSCCNC(=O)CCNC(=O)C(OCC)C(C)(C)COC. The van der Waals surface area contributed by atoms with E-state index in [1.807, 2.05) is 32.9 Å². The molecule has 1 atom stereocenters. The second-order valence-electron chi connectivity index (χ2n) is 11.3. The molecule has 0 aromatic rings. The van der Waals surface area contributed by atoms with Crippen LogP contribution in [0, 0.1) is 5.41 Å². The van der Waals surface area contributed by atoms with Crippen LogP contribution in [-0.2, 0) is 23.9 Å². The van der Waals surface area contributed by atoms with E-state index >= 15 is 0 Å². The van der Waals surface area contributed by atoms with Crippen LogP contribution in [-0.4, -0.2) is 75.3 Å². The number of hydrogen-bond donors (Lipinski definition) is 3. The van der Waals surface area contributed by atoms with Crippen molar-refractivity contribution in [3.05, 3.63) is 72.9 Å². The molecule has 0 saturated carbocycles. The van der Waals surface area contributed by atoms with Gasteiger partial charge in [0.2, 0.25) is 17.7 Å². The summed E-state index contributed by atoms with van der Waals surface area (Å²) in [5.74, 6) is 1.22. The Morgan fingerprint density at radius 3 is 1.60 bits per heavy atom. The van der Waals surface area contributed by atoms with Crippen LogP contribution < -0.4 is 16.0 Å². The van der Waals surface area contributed by atoms with Crippen LogP contribution in [0.2, 0.25) is 0 Å². The number of carbonyl (C=O) groups is 3. The molecule has 1 unspecified atom stereocenters. The fourth-order valence-electron chi connectivity index (χ4n) is 4.12. The Kier molecular flexibility index (Phi) is 30.3. The molecule has 0 bridgehead atoms. The fraction of sp³-hybridized carbons (Fsp3) is 0.595. The van der Waals surface area contributed by atoms with Crippen LogP contribution in [0.15, 0.2) is 72.9 Å². The van der Waals surface area contributed by atoms with E-state index in [2.05, 4.69) is 83.6 Å². The summed E-state index contributed by atoms with van der Waals surface area (Å²) in [7, 11) is 4.91. The smallest absolute Gasteiger partial charge is 0.249 e. The highest BCUT2D eigenvalue weighted by atomic mass is 33.1. The lowest BCUT2D eigenvalue weighted by atomic mass is 9.86. The Balaban J connectivity index is 3.76. The molecule has 10 heteroatoms. The predicted molar refractivity (Wildman–Crippen MR) is 202 cm³/mol. The number of carbonyl (C=O) groups excluding carboxylic acids is 3. The molecule has 0 spiro atoms. The molecule has 8 nitrogen and oxygen atoms in total. The van der Waals surface area contributed by atoms with Gasteiger partial charge in [-0.3, -0.25) is 14.4 Å². The molecule has 266 valence electrons. The van der Waals surface area contributed by atoms with Gasteiger partial charge in [0.1, 0.15) is 6.10 Å². The average Bonchev–Trinajstić information content (AvgIpc) is 3.04. The van der Waals surface area contributed by atoms with E-state index in [0.717, 1.165) is 50.0 Å². The highest BCUT2D eigenvalue weighted by molar-refractivity contribution is 8.76. The largest absolute Gasteiger partial charge is 0.384 e. The number of methoxy groups -OCH3 is 1. The molecule has 0 aliphatic heterocycles. The predicted octanol–water partition coefficient (Wildman–Crippen LogP) is 7.27. The van der Waals surface area contributed by atoms with Gasteiger partial charge in [0, 0.05) is 63.1 Å². The van der Waals surface area contributed by atoms with Crippen molar-refractivity contribution in [1.29, 1.82) is 0 Å². The molecule has 0 rings (SSSR count). The van der Waals surface area contributed by atoms with Crippen molar-refractivity contribution < 1.29 is 23.9 Å². The highest BCUT2D eigenvalue weighted by Gasteiger charge is 2.36. The van der Waals surface area contributed by atoms with Gasteiger partial charge in [-0.05, 0) is 45.4 Å². The lowest BCUT2D eigenvalue weighted by Crippen LogP contribution is -2.48. The van der Waals surface area contributed by atoms with Gasteiger partial charge in [0.05, 0.1) is 6.61 Å². The van der Waals surface area contributed by atoms with Gasteiger partial charge in [0.15, 0.2) is 0 Å². The molecule has 0 aliphatic rings. The fourth-order valence-corrected chi connectivity index (χ4v) is 5.93. The number of nitrogens with one attached hydrogen (secondary N) is 3. The molecule has 0 saturated heterocycles. The van der Waals surface area contributed by atoms with E-state index in [4.69, 9.17) is 9.47 Å². The Bertz CT molecular complexity index is 1010. The van der Waals surface area contributed by atoms with Crippen LogP contribution >= 0.6 is 21.6 Å². The summed E-state index contributed by atoms with van der Waals surface area (Å²) in [6, 6.07) is 0. The van der Waals surface area contributed by atoms with Crippen molar-refractivity contribution in [2.24, 2.45) is 5.41 Å². The third-order valence-corrected chi connectivity index (χ3v) is 8.86. The molecule has 0 aliphatic carbocycles. The lowest BCUT2D eigenvalue weighted by molar-refractivity contribution is -0.143. The van der Waals surface area contributed by atoms with Gasteiger partial charge in [-0.15, -0.1) is 0 Å². The van der Waals surface area contributed by atoms with Gasteiger partial charge < -0.3 is 25.4 Å². The molecule has 0 heterocycles. The van der Waals surface area contributed by atoms with Crippen molar-refractivity contribution >= 4 is 39.3 Å². The number of allylic oxidation sites excluding steroid dienone is 11. The first-order valence-electron chi connectivity index (χ1n) is 16.8. The molecule has 0 aromatic carbocycles. The molecule has 0 radical (unpaired) electrons. The van der Waals surface area contributed by atoms with Crippen molar-refractivity contribution in [3.63, 3.8) is 0 Å². The standard InChI is InChI=1S/C37H61N3O5S2/c1-6-8-9-10-11-12-13-14-15-16-17-18-19-20-21-22-23-24-25-33(41)38-28-30-46-47-31-29-39-34(42)26-27-40-36(43)35(45-7-2)37(3,4)32-44-5/h8-9,11-12,14-15,17-18,20-21,23-24,35H,6-7,10,13,16,19,22,25-32H2,1-5H3,(H,38,41)(H,39,42)(H,40,43). The van der Waals surface area contributed by atoms with Gasteiger partial charge >= 0.3 is 0 Å². The van der Waals surface area contributed by atoms with Gasteiger partial charge in [-0.1, -0.05) is 115 Å². The van der Waals surface area contributed by atoms with E-state index in [9.17, 15) is 14.4 Å². The van der Waals surface area contributed by atoms with Crippen LogP contribution in [0.1, 0.15) is 79.1 Å². The molecule has 47 heavy (non-hydrogen) atoms. The van der Waals surface area contributed by atoms with Crippen LogP contribution in [0.4, 0.5) is 0 Å². The van der Waals surface area contributed by atoms with Crippen molar-refractivity contribution in [3.8, 4) is 0 Å². The maximum Gasteiger partial charge on any atom is 0.249 e. The third kappa shape index (κ3) is 28.2. The summed E-state index contributed by atoms with van der Waals surface area (Å²) >= 11 is 0. The summed E-state index contributed by atoms with van der Waals surface area (Å²) in [4.78, 5) is 36.7. The minimum absolute atomic E-state index is 0.0184. The molecular weight excluding hydrogens is 631 g/mol. The van der Waals surface area contributed by atoms with Gasteiger partial charge in [0.25, 0.3) is 0 Å². The second-order valence-corrected chi connectivity index (χ2v) is 14.0. The number of hydrogen-bond acceptors (Lipinski definition) is 7. The summed E-state index contributed by atoms with van der Waals surface area (Å²) in [5.41, 5.74) is -0.482. The highest BCUT2D eigenvalue weighted by Crippen LogP contribution is 2.24. The Labute approximate surface area is 293 Å². The van der Waals surface area contributed by atoms with Crippen molar-refractivity contribution in [1.82, 2.24) is 16.0 Å². The second kappa shape index (κ2) is 32.0. The van der Waals surface area contributed by atoms with E-state index in [0.29, 0.717) is 32.7 Å². The number of rotatable bonds is 29. The summed E-state index contributed by atoms with van der Waals surface area (Å²) in [6.45, 7) is 10.0. The zero-order valence-electron chi connectivity index (χ0n) is 29.5. The molecular formula is C37H61N3O5S2. The maximum absolute atomic E-state index is 12.6. The van der Waals surface area contributed by atoms with E-state index in [-0.39, 0.29) is 30.7 Å². The minimum Gasteiger partial charge on any atom is -0.384 e. The molecule has 3 N–H and O–H groups in total. The topological polar surface area (TPSA) is 106 Å². The van der Waals surface area contributed by atoms with Gasteiger partial charge in [-0.25, -0.2) is 0 Å². The first-order valence-corrected chi connectivity index (χ1v) is 19.3. The third-order valence-electron chi connectivity index (χ3n) is 6.45. The Hall–Kier alpha value is -2.53. The average molecular weight is 692 g/mol. The van der Waals surface area contributed by atoms with Crippen molar-refractivity contribution in [2.45, 2.75) is 85.2 Å². The Morgan fingerprint density at radius 2 is 1.13 bits per heavy atom. The minimum atomic E-state index is -0.648. The summed E-state index contributed by atoms with van der Waals surface area (Å²) in [5, 5.41) is 8.60. The van der Waals surface area contributed by atoms with Gasteiger partial charge in [-0.2, -0.15) is 0 Å². The number of ether oxygens (including phenoxy) is 2. The maximum atomic E-state index is 12.6. The number of amides is 3. The Morgan fingerprint density at radius 1 is 0.660 bits per heavy atom. The quantitative estimate of drug-likeness (QED) is 0.0431. The normalized spacial score (nSPS) is 13.2. The monoisotopic (exact) mass is 691 g/mol. The van der Waals surface area contributed by atoms with Crippen LogP contribution in [0.3, 0.4) is 0 Å². The molecule has 0 aromatic heterocycles. The van der Waals surface area contributed by atoms with E-state index in [1.54, 1.807) is 28.7 Å². The molecule has 0 fully saturated rings. The van der Waals surface area contributed by atoms with E-state index < -0.39 is 11.5 Å². The zero-order chi connectivity index (χ0) is 34.9. The summed E-state index contributed by atoms with van der Waals surface area (Å²) < 4.78 is 10.9. The first-order chi connectivity index (χ1) is 22.8.